The quantitative estimate of drug-likeness (QED) is 0.763. The minimum atomic E-state index is -4.76. The van der Waals surface area contributed by atoms with E-state index in [1.54, 1.807) is 31.2 Å². The highest BCUT2D eigenvalue weighted by atomic mass is 19.4. The van der Waals surface area contributed by atoms with Gasteiger partial charge in [0.2, 0.25) is 0 Å². The summed E-state index contributed by atoms with van der Waals surface area (Å²) in [7, 11) is 0. The number of hydrogen-bond acceptors (Lipinski definition) is 5. The van der Waals surface area contributed by atoms with Gasteiger partial charge in [0.05, 0.1) is 34.3 Å². The van der Waals surface area contributed by atoms with E-state index >= 15 is 0 Å². The second kappa shape index (κ2) is 5.36. The van der Waals surface area contributed by atoms with Crippen molar-refractivity contribution in [3.05, 3.63) is 52.0 Å². The van der Waals surface area contributed by atoms with Crippen molar-refractivity contribution in [1.29, 1.82) is 5.26 Å². The number of hydrogen-bond donors (Lipinski definition) is 2. The van der Waals surface area contributed by atoms with E-state index in [0.717, 1.165) is 5.69 Å². The van der Waals surface area contributed by atoms with Gasteiger partial charge in [-0.05, 0) is 24.6 Å². The molecule has 4 rings (SSSR count). The highest BCUT2D eigenvalue weighted by Crippen LogP contribution is 2.44. The average molecular weight is 360 g/mol. The van der Waals surface area contributed by atoms with Gasteiger partial charge in [-0.25, -0.2) is 4.79 Å². The molecule has 1 aromatic carbocycles. The van der Waals surface area contributed by atoms with E-state index < -0.39 is 29.3 Å². The number of nitriles is 1. The number of esters is 1. The first kappa shape index (κ1) is 16.2. The summed E-state index contributed by atoms with van der Waals surface area (Å²) in [5.74, 6) is -1.88. The van der Waals surface area contributed by atoms with E-state index in [4.69, 9.17) is 4.74 Å². The molecule has 2 aliphatic rings. The molecule has 1 atom stereocenters. The summed E-state index contributed by atoms with van der Waals surface area (Å²) in [5.41, 5.74) is 0.125. The smallest absolute Gasteiger partial charge is 0.432 e. The van der Waals surface area contributed by atoms with Gasteiger partial charge in [-0.3, -0.25) is 5.10 Å². The van der Waals surface area contributed by atoms with Crippen molar-refractivity contribution in [3.8, 4) is 6.07 Å². The van der Waals surface area contributed by atoms with Gasteiger partial charge in [0, 0.05) is 11.1 Å². The summed E-state index contributed by atoms with van der Waals surface area (Å²) in [6, 6.07) is 6.48. The lowest BCUT2D eigenvalue weighted by Gasteiger charge is -2.27. The molecule has 0 saturated carbocycles. The highest BCUT2D eigenvalue weighted by Gasteiger charge is 2.47. The maximum atomic E-state index is 13.5. The zero-order valence-electron chi connectivity index (χ0n) is 13.4. The van der Waals surface area contributed by atoms with E-state index in [0.29, 0.717) is 16.5 Å². The van der Waals surface area contributed by atoms with Crippen molar-refractivity contribution < 1.29 is 22.7 Å². The van der Waals surface area contributed by atoms with E-state index in [2.05, 4.69) is 15.5 Å². The SMILES string of the molecule is Cc1[nH]nc2ccc(C3C(C#N)=C(C(F)(F)F)NC4=C3C(=O)OC4)cc12. The van der Waals surface area contributed by atoms with Crippen molar-refractivity contribution >= 4 is 16.9 Å². The second-order valence-electron chi connectivity index (χ2n) is 6.05. The van der Waals surface area contributed by atoms with Crippen LogP contribution in [0.15, 0.2) is 40.7 Å². The lowest BCUT2D eigenvalue weighted by molar-refractivity contribution is -0.136. The van der Waals surface area contributed by atoms with Crippen LogP contribution in [0, 0.1) is 18.3 Å². The monoisotopic (exact) mass is 360 g/mol. The second-order valence-corrected chi connectivity index (χ2v) is 6.05. The van der Waals surface area contributed by atoms with Crippen molar-refractivity contribution in [2.24, 2.45) is 0 Å². The van der Waals surface area contributed by atoms with Crippen LogP contribution in [0.3, 0.4) is 0 Å². The molecule has 0 spiro atoms. The number of nitrogens with one attached hydrogen (secondary N) is 2. The van der Waals surface area contributed by atoms with Crippen LogP contribution in [0.5, 0.6) is 0 Å². The van der Waals surface area contributed by atoms with E-state index in [1.807, 2.05) is 0 Å². The summed E-state index contributed by atoms with van der Waals surface area (Å²) in [6.07, 6.45) is -4.76. The fourth-order valence-electron chi connectivity index (χ4n) is 3.33. The first-order valence-corrected chi connectivity index (χ1v) is 7.64. The summed E-state index contributed by atoms with van der Waals surface area (Å²) in [6.45, 7) is 1.49. The Bertz CT molecular complexity index is 1060. The number of nitrogens with zero attached hydrogens (tertiary/aromatic N) is 2. The fourth-order valence-corrected chi connectivity index (χ4v) is 3.33. The van der Waals surface area contributed by atoms with Crippen LogP contribution in [0.4, 0.5) is 13.2 Å². The molecule has 2 aliphatic heterocycles. The van der Waals surface area contributed by atoms with Crippen LogP contribution in [-0.4, -0.2) is 28.9 Å². The molecule has 0 aliphatic carbocycles. The molecule has 0 radical (unpaired) electrons. The number of fused-ring (bicyclic) bond motifs is 1. The molecule has 0 bridgehead atoms. The maximum Gasteiger partial charge on any atom is 0.432 e. The van der Waals surface area contributed by atoms with Crippen molar-refractivity contribution in [2.45, 2.75) is 19.0 Å². The number of aromatic amines is 1. The molecule has 0 saturated heterocycles. The Labute approximate surface area is 144 Å². The molecule has 9 heteroatoms. The third-order valence-corrected chi connectivity index (χ3v) is 4.52. The zero-order valence-corrected chi connectivity index (χ0v) is 13.4. The number of dihydropyridines is 1. The number of alkyl halides is 3. The van der Waals surface area contributed by atoms with Crippen LogP contribution < -0.4 is 5.32 Å². The molecule has 2 aromatic rings. The number of rotatable bonds is 1. The Morgan fingerprint density at radius 3 is 2.85 bits per heavy atom. The Hall–Kier alpha value is -3.28. The number of allylic oxidation sites excluding steroid dienone is 2. The number of carbonyl (C=O) groups excluding carboxylic acids is 1. The topological polar surface area (TPSA) is 90.8 Å². The standard InChI is InChI=1S/C17H11F3N4O2/c1-7-9-4-8(2-3-11(9)24-23-7)13-10(5-21)15(17(18,19)20)22-12-6-26-16(25)14(12)13/h2-4,13,22H,6H2,1H3,(H,23,24). The summed E-state index contributed by atoms with van der Waals surface area (Å²) < 4.78 is 45.3. The molecule has 132 valence electrons. The van der Waals surface area contributed by atoms with Crippen LogP contribution in [0.1, 0.15) is 17.2 Å². The zero-order chi connectivity index (χ0) is 18.6. The number of cyclic esters (lactones) is 1. The van der Waals surface area contributed by atoms with Gasteiger partial charge in [-0.1, -0.05) is 6.07 Å². The Morgan fingerprint density at radius 2 is 2.15 bits per heavy atom. The molecular weight excluding hydrogens is 349 g/mol. The van der Waals surface area contributed by atoms with Crippen LogP contribution in [0.2, 0.25) is 0 Å². The number of aromatic nitrogens is 2. The van der Waals surface area contributed by atoms with Crippen LogP contribution in [-0.2, 0) is 9.53 Å². The molecule has 26 heavy (non-hydrogen) atoms. The lowest BCUT2D eigenvalue weighted by Crippen LogP contribution is -2.34. The number of carbonyl (C=O) groups is 1. The van der Waals surface area contributed by atoms with E-state index in [9.17, 15) is 23.2 Å². The van der Waals surface area contributed by atoms with Gasteiger partial charge in [0.25, 0.3) is 0 Å². The molecular formula is C17H11F3N4O2. The summed E-state index contributed by atoms with van der Waals surface area (Å²) >= 11 is 0. The number of ether oxygens (including phenoxy) is 1. The van der Waals surface area contributed by atoms with E-state index in [1.165, 1.54) is 0 Å². The van der Waals surface area contributed by atoms with Gasteiger partial charge in [0.1, 0.15) is 12.3 Å². The first-order chi connectivity index (χ1) is 12.3. The molecule has 0 amide bonds. The third-order valence-electron chi connectivity index (χ3n) is 4.52. The maximum absolute atomic E-state index is 13.5. The molecule has 2 N–H and O–H groups in total. The highest BCUT2D eigenvalue weighted by molar-refractivity contribution is 5.96. The predicted molar refractivity (Wildman–Crippen MR) is 83.4 cm³/mol. The van der Waals surface area contributed by atoms with Crippen molar-refractivity contribution in [3.63, 3.8) is 0 Å². The average Bonchev–Trinajstić information content (AvgIpc) is 3.15. The molecule has 3 heterocycles. The number of halogens is 3. The third kappa shape index (κ3) is 2.26. The Kier molecular flexibility index (Phi) is 3.34. The normalized spacial score (nSPS) is 20.1. The Balaban J connectivity index is 1.97. The number of benzene rings is 1. The van der Waals surface area contributed by atoms with Gasteiger partial charge >= 0.3 is 12.1 Å². The lowest BCUT2D eigenvalue weighted by atomic mass is 9.81. The van der Waals surface area contributed by atoms with Crippen molar-refractivity contribution in [2.75, 3.05) is 6.61 Å². The molecule has 0 fully saturated rings. The fraction of sp³-hybridized carbons (Fsp3) is 0.235. The van der Waals surface area contributed by atoms with Crippen molar-refractivity contribution in [1.82, 2.24) is 15.5 Å². The number of aryl methyl sites for hydroxylation is 1. The Morgan fingerprint density at radius 1 is 1.38 bits per heavy atom. The minimum Gasteiger partial charge on any atom is -0.456 e. The van der Waals surface area contributed by atoms with Gasteiger partial charge in [0.15, 0.2) is 0 Å². The molecule has 6 nitrogen and oxygen atoms in total. The minimum absolute atomic E-state index is 0.0371. The van der Waals surface area contributed by atoms with Crippen LogP contribution in [0.25, 0.3) is 10.9 Å². The van der Waals surface area contributed by atoms with Gasteiger partial charge in [-0.2, -0.15) is 23.5 Å². The van der Waals surface area contributed by atoms with E-state index in [-0.39, 0.29) is 17.9 Å². The summed E-state index contributed by atoms with van der Waals surface area (Å²) in [4.78, 5) is 12.1. The first-order valence-electron chi connectivity index (χ1n) is 7.64. The molecule has 1 unspecified atom stereocenters. The predicted octanol–water partition coefficient (Wildman–Crippen LogP) is 2.71. The molecule has 1 aromatic heterocycles. The van der Waals surface area contributed by atoms with Crippen LogP contribution >= 0.6 is 0 Å². The van der Waals surface area contributed by atoms with Gasteiger partial charge in [-0.15, -0.1) is 0 Å². The van der Waals surface area contributed by atoms with Gasteiger partial charge < -0.3 is 10.1 Å². The number of H-pyrrole nitrogens is 1. The largest absolute Gasteiger partial charge is 0.456 e. The summed E-state index contributed by atoms with van der Waals surface area (Å²) in [5, 5.41) is 19.2.